The fourth-order valence-corrected chi connectivity index (χ4v) is 12.6. The van der Waals surface area contributed by atoms with Gasteiger partial charge in [-0.15, -0.1) is 23.5 Å². The van der Waals surface area contributed by atoms with Gasteiger partial charge in [0.2, 0.25) is 23.6 Å². The molecule has 22 heteroatoms. The van der Waals surface area contributed by atoms with Gasteiger partial charge in [0.05, 0.1) is 47.3 Å². The van der Waals surface area contributed by atoms with Crippen LogP contribution in [0.15, 0.2) is 69.7 Å². The molecule has 3 fully saturated rings. The largest absolute Gasteiger partial charge is 0.478 e. The number of aliphatic carboxylic acids is 2. The molecule has 66 heavy (non-hydrogen) atoms. The summed E-state index contributed by atoms with van der Waals surface area (Å²) in [5.41, 5.74) is -0.147. The average Bonchev–Trinajstić information content (AvgIpc) is 4.03. The Morgan fingerprint density at radius 3 is 1.89 bits per heavy atom. The lowest BCUT2D eigenvalue weighted by Crippen LogP contribution is -2.63. The quantitative estimate of drug-likeness (QED) is 0.107. The van der Waals surface area contributed by atoms with Crippen LogP contribution < -0.4 is 21.3 Å². The maximum absolute atomic E-state index is 15.0. The molecular formula is C44H50N6O14S2. The van der Waals surface area contributed by atoms with Gasteiger partial charge >= 0.3 is 23.9 Å². The van der Waals surface area contributed by atoms with Crippen LogP contribution in [0, 0.1) is 23.7 Å². The molecule has 7 rings (SSSR count). The van der Waals surface area contributed by atoms with Crippen LogP contribution in [0.3, 0.4) is 0 Å². The standard InChI is InChI=1S/C44H50N6O14S2/c1-17-31(48-32(43(61)62)35(17)65-25-13-27(45-15-25)37(53)46-23-9-5-7-21(11-23)41(57)58)29(19(3)51)39(55)49-16-26(14-28(49)38(54)47-24-10-6-8-22(12-24)42(59)60)66-36-18(2)33-30(20(4)52)40(56)50(33)34(36)44(63)64/h5-12,17-20,25-31,33,45,48,51-52H,13-16H2,1-4H3,(H,46,53)(H,47,54)(H,57,58)(H,59,60)(H,61,62)(H,63,64)/t17-,18-,19-,20-,25+,26+,27+,28+,29-,30-,31-,33-/m1/s1. The van der Waals surface area contributed by atoms with Crippen LogP contribution in [0.25, 0.3) is 0 Å². The number of aliphatic hydroxyl groups excluding tert-OH is 2. The van der Waals surface area contributed by atoms with Gasteiger partial charge in [-0.1, -0.05) is 26.0 Å². The lowest BCUT2D eigenvalue weighted by atomic mass is 9.79. The molecule has 4 amide bonds. The van der Waals surface area contributed by atoms with Crippen molar-refractivity contribution in [2.75, 3.05) is 23.7 Å². The Kier molecular flexibility index (Phi) is 13.9. The van der Waals surface area contributed by atoms with Crippen molar-refractivity contribution < 1.29 is 69.0 Å². The summed E-state index contributed by atoms with van der Waals surface area (Å²) in [6.07, 6.45) is -2.20. The predicted molar refractivity (Wildman–Crippen MR) is 239 cm³/mol. The third-order valence-electron chi connectivity index (χ3n) is 12.8. The Morgan fingerprint density at radius 2 is 1.35 bits per heavy atom. The molecule has 0 saturated carbocycles. The zero-order valence-corrected chi connectivity index (χ0v) is 37.7. The number of amides is 4. The number of aliphatic hydroxyl groups is 2. The number of carbonyl (C=O) groups is 8. The van der Waals surface area contributed by atoms with Gasteiger partial charge in [-0.3, -0.25) is 19.2 Å². The summed E-state index contributed by atoms with van der Waals surface area (Å²) in [6, 6.07) is 7.69. The maximum Gasteiger partial charge on any atom is 0.353 e. The van der Waals surface area contributed by atoms with E-state index < -0.39 is 113 Å². The SMILES string of the molecule is C[C@@H](O)[C@@H](C(=O)N1C[C@@H](SC2=C(C(=O)O)N3C(=O)[C@H]([C@@H](C)O)[C@H]3[C@H]2C)C[C@H]1C(=O)Nc1cccc(C(=O)O)c1)[C@@H]1NC(C(=O)O)=C(S[C@@H]2CN[C@H](C(=O)Nc3cccc(C(=O)O)c3)C2)[C@@H]1C. The van der Waals surface area contributed by atoms with Gasteiger partial charge in [-0.25, -0.2) is 19.2 Å². The number of hydrogen-bond donors (Lipinski definition) is 10. The molecule has 0 aliphatic carbocycles. The molecule has 0 radical (unpaired) electrons. The fraction of sp³-hybridized carbons (Fsp3) is 0.455. The Balaban J connectivity index is 1.12. The second-order valence-corrected chi connectivity index (χ2v) is 19.9. The second-order valence-electron chi connectivity index (χ2n) is 17.2. The second kappa shape index (κ2) is 19.1. The van der Waals surface area contributed by atoms with Crippen LogP contribution in [-0.4, -0.2) is 148 Å². The third kappa shape index (κ3) is 9.24. The van der Waals surface area contributed by atoms with Gasteiger partial charge in [0.15, 0.2) is 0 Å². The predicted octanol–water partition coefficient (Wildman–Crippen LogP) is 1.88. The van der Waals surface area contributed by atoms with E-state index in [4.69, 9.17) is 0 Å². The first-order valence-electron chi connectivity index (χ1n) is 21.2. The minimum absolute atomic E-state index is 0.00726. The zero-order valence-electron chi connectivity index (χ0n) is 36.0. The molecule has 10 N–H and O–H groups in total. The number of carboxylic acid groups (broad SMARTS) is 4. The molecule has 20 nitrogen and oxygen atoms in total. The average molecular weight is 951 g/mol. The zero-order chi connectivity index (χ0) is 48.0. The van der Waals surface area contributed by atoms with E-state index in [0.717, 1.165) is 11.8 Å². The Labute approximate surface area is 386 Å². The number of carbonyl (C=O) groups excluding carboxylic acids is 4. The number of rotatable bonds is 16. The summed E-state index contributed by atoms with van der Waals surface area (Å²) in [5, 5.41) is 71.9. The highest BCUT2D eigenvalue weighted by atomic mass is 32.2. The van der Waals surface area contributed by atoms with E-state index in [0.29, 0.717) is 16.4 Å². The van der Waals surface area contributed by atoms with Gasteiger partial charge < -0.3 is 61.7 Å². The molecule has 12 atom stereocenters. The highest BCUT2D eigenvalue weighted by Gasteiger charge is 2.60. The van der Waals surface area contributed by atoms with Crippen molar-refractivity contribution in [2.24, 2.45) is 23.7 Å². The van der Waals surface area contributed by atoms with Crippen LogP contribution in [0.4, 0.5) is 11.4 Å². The van der Waals surface area contributed by atoms with Gasteiger partial charge in [-0.2, -0.15) is 0 Å². The Morgan fingerprint density at radius 1 is 0.758 bits per heavy atom. The summed E-state index contributed by atoms with van der Waals surface area (Å²) in [5.74, 6) is -10.8. The lowest BCUT2D eigenvalue weighted by molar-refractivity contribution is -0.163. The van der Waals surface area contributed by atoms with E-state index in [1.807, 2.05) is 0 Å². The van der Waals surface area contributed by atoms with Crippen molar-refractivity contribution in [3.05, 3.63) is 80.9 Å². The van der Waals surface area contributed by atoms with Gasteiger partial charge in [0, 0.05) is 62.7 Å². The molecule has 352 valence electrons. The highest BCUT2D eigenvalue weighted by molar-refractivity contribution is 8.04. The number of nitrogens with zero attached hydrogens (tertiary/aromatic N) is 2. The minimum atomic E-state index is -1.40. The monoisotopic (exact) mass is 950 g/mol. The molecule has 5 heterocycles. The Bertz CT molecular complexity index is 2440. The molecule has 0 spiro atoms. The van der Waals surface area contributed by atoms with Crippen LogP contribution in [0.5, 0.6) is 0 Å². The van der Waals surface area contributed by atoms with Crippen molar-refractivity contribution in [3.63, 3.8) is 0 Å². The van der Waals surface area contributed by atoms with E-state index in [-0.39, 0.29) is 58.5 Å². The summed E-state index contributed by atoms with van der Waals surface area (Å²) in [7, 11) is 0. The number of carboxylic acids is 4. The molecule has 5 aliphatic heterocycles. The van der Waals surface area contributed by atoms with Crippen molar-refractivity contribution in [1.82, 2.24) is 20.4 Å². The number of fused-ring (bicyclic) bond motifs is 1. The lowest BCUT2D eigenvalue weighted by Gasteiger charge is -2.46. The molecule has 0 unspecified atom stereocenters. The highest BCUT2D eigenvalue weighted by Crippen LogP contribution is 2.52. The van der Waals surface area contributed by atoms with Crippen LogP contribution in [-0.2, 0) is 28.8 Å². The van der Waals surface area contributed by atoms with E-state index in [2.05, 4.69) is 21.3 Å². The van der Waals surface area contributed by atoms with E-state index in [1.54, 1.807) is 19.9 Å². The Hall–Kier alpha value is -5.94. The van der Waals surface area contributed by atoms with Crippen LogP contribution >= 0.6 is 23.5 Å². The minimum Gasteiger partial charge on any atom is -0.478 e. The number of likely N-dealkylation sites (tertiary alicyclic amines) is 1. The number of aromatic carboxylic acids is 2. The molecular weight excluding hydrogens is 901 g/mol. The summed E-state index contributed by atoms with van der Waals surface area (Å²) in [6.45, 7) is 6.44. The normalized spacial score (nSPS) is 28.3. The molecule has 0 aromatic heterocycles. The first kappa shape index (κ1) is 48.0. The van der Waals surface area contributed by atoms with Gasteiger partial charge in [0.1, 0.15) is 17.4 Å². The first-order chi connectivity index (χ1) is 31.2. The van der Waals surface area contributed by atoms with Crippen molar-refractivity contribution in [2.45, 2.75) is 87.4 Å². The van der Waals surface area contributed by atoms with Gasteiger partial charge in [0.25, 0.3) is 0 Å². The van der Waals surface area contributed by atoms with E-state index in [9.17, 15) is 69.0 Å². The third-order valence-corrected chi connectivity index (χ3v) is 15.8. The number of hydrogen-bond acceptors (Lipinski definition) is 14. The molecule has 2 aromatic rings. The molecule has 0 bridgehead atoms. The number of nitrogens with one attached hydrogen (secondary N) is 4. The number of anilines is 2. The molecule has 3 saturated heterocycles. The van der Waals surface area contributed by atoms with Crippen LogP contribution in [0.2, 0.25) is 0 Å². The summed E-state index contributed by atoms with van der Waals surface area (Å²) >= 11 is 2.31. The van der Waals surface area contributed by atoms with Crippen molar-refractivity contribution in [3.8, 4) is 0 Å². The van der Waals surface area contributed by atoms with Crippen molar-refractivity contribution in [1.29, 1.82) is 0 Å². The van der Waals surface area contributed by atoms with E-state index >= 15 is 0 Å². The fourth-order valence-electron chi connectivity index (χ4n) is 9.66. The smallest absolute Gasteiger partial charge is 0.353 e. The molecule has 2 aromatic carbocycles. The summed E-state index contributed by atoms with van der Waals surface area (Å²) in [4.78, 5) is 107. The maximum atomic E-state index is 15.0. The molecule has 5 aliphatic rings. The number of β-lactam (4-membered cyclic amide) rings is 1. The van der Waals surface area contributed by atoms with E-state index in [1.165, 1.54) is 77.9 Å². The summed E-state index contributed by atoms with van der Waals surface area (Å²) < 4.78 is 0. The first-order valence-corrected chi connectivity index (χ1v) is 23.0. The van der Waals surface area contributed by atoms with Gasteiger partial charge in [-0.05, 0) is 63.1 Å². The number of benzene rings is 2. The van der Waals surface area contributed by atoms with Crippen molar-refractivity contribution >= 4 is 82.4 Å². The van der Waals surface area contributed by atoms with Crippen LogP contribution in [0.1, 0.15) is 61.3 Å². The number of thioether (sulfide) groups is 2. The topological polar surface area (TPSA) is 313 Å².